The van der Waals surface area contributed by atoms with Crippen LogP contribution in [0.15, 0.2) is 107 Å². The zero-order valence-electron chi connectivity index (χ0n) is 27.6. The molecule has 0 aliphatic carbocycles. The molecule has 2 aromatic carbocycles. The third kappa shape index (κ3) is 19.0. The molecule has 0 unspecified atom stereocenters. The first kappa shape index (κ1) is 49.4. The number of hydrogen-bond acceptors (Lipinski definition) is 8. The SMILES string of the molecule is CCN(CC)C(=O)c1cccnc1.CCN(CC)C(=O)c1cccnc1.O=C([O-])c1ccc(Br)cc1.O=C([O-])c1ccc(Br)cc1.[Mn+2].[OH3+].[OH3+]. The fourth-order valence-corrected chi connectivity index (χ4v) is 4.07. The van der Waals surface area contributed by atoms with Gasteiger partial charge in [0, 0.05) is 59.9 Å². The van der Waals surface area contributed by atoms with Gasteiger partial charge in [-0.1, -0.05) is 56.1 Å². The largest absolute Gasteiger partial charge is 2.00 e. The molecule has 4 rings (SSSR count). The summed E-state index contributed by atoms with van der Waals surface area (Å²) in [6, 6.07) is 19.7. The summed E-state index contributed by atoms with van der Waals surface area (Å²) in [6.45, 7) is 10.8. The van der Waals surface area contributed by atoms with Gasteiger partial charge in [0.2, 0.25) is 0 Å². The van der Waals surface area contributed by atoms with Crippen LogP contribution in [0, 0.1) is 0 Å². The number of carbonyl (C=O) groups is 4. The minimum absolute atomic E-state index is 0. The standard InChI is InChI=1S/2C10H14N2O.2C7H5BrO2.Mn.2H2O/c2*1-3-12(4-2)10(13)9-6-5-7-11-8-9;2*8-6-3-1-5(2-4-6)7(9)10;;;/h2*5-8H,3-4H2,1-2H3;2*1-4H,(H,9,10);;2*1H2/q;;;;+2;;. The summed E-state index contributed by atoms with van der Waals surface area (Å²) in [4.78, 5) is 55.1. The molecule has 0 atom stereocenters. The Morgan fingerprint density at radius 3 is 1.04 bits per heavy atom. The van der Waals surface area contributed by atoms with Crippen molar-refractivity contribution in [3.63, 3.8) is 0 Å². The maximum absolute atomic E-state index is 11.7. The summed E-state index contributed by atoms with van der Waals surface area (Å²) >= 11 is 6.36. The molecule has 0 aliphatic heterocycles. The van der Waals surface area contributed by atoms with E-state index in [-0.39, 0.29) is 51.0 Å². The van der Waals surface area contributed by atoms with Crippen LogP contribution < -0.4 is 10.2 Å². The molecule has 12 nitrogen and oxygen atoms in total. The molecule has 0 fully saturated rings. The van der Waals surface area contributed by atoms with Gasteiger partial charge in [0.05, 0.1) is 23.1 Å². The number of amides is 2. The molecular formula is C34H42Br2MnN4O8+2. The minimum Gasteiger partial charge on any atom is -0.545 e. The fraction of sp³-hybridized carbons (Fsp3) is 0.235. The summed E-state index contributed by atoms with van der Waals surface area (Å²) < 4.78 is 1.72. The van der Waals surface area contributed by atoms with Gasteiger partial charge in [0.25, 0.3) is 11.8 Å². The number of carboxylic acids is 2. The van der Waals surface area contributed by atoms with Crippen molar-refractivity contribution in [3.05, 3.63) is 129 Å². The summed E-state index contributed by atoms with van der Waals surface area (Å²) in [6.07, 6.45) is 6.53. The zero-order chi connectivity index (χ0) is 34.5. The monoisotopic (exact) mass is 847 g/mol. The van der Waals surface area contributed by atoms with Crippen molar-refractivity contribution in [1.29, 1.82) is 0 Å². The van der Waals surface area contributed by atoms with Crippen LogP contribution in [0.25, 0.3) is 0 Å². The second kappa shape index (κ2) is 27.9. The van der Waals surface area contributed by atoms with E-state index in [0.717, 1.165) is 35.1 Å². The summed E-state index contributed by atoms with van der Waals surface area (Å²) in [5.41, 5.74) is 1.71. The van der Waals surface area contributed by atoms with E-state index in [1.807, 2.05) is 27.7 Å². The molecule has 0 spiro atoms. The Balaban J connectivity index is -0.000000568. The van der Waals surface area contributed by atoms with Crippen LogP contribution in [0.5, 0.6) is 0 Å². The third-order valence-corrected chi connectivity index (χ3v) is 7.14. The van der Waals surface area contributed by atoms with E-state index >= 15 is 0 Å². The van der Waals surface area contributed by atoms with Crippen LogP contribution >= 0.6 is 31.9 Å². The van der Waals surface area contributed by atoms with Crippen molar-refractivity contribution in [2.24, 2.45) is 0 Å². The number of aromatic carboxylic acids is 2. The number of benzene rings is 2. The quantitative estimate of drug-likeness (QED) is 0.190. The topological polar surface area (TPSA) is 213 Å². The number of aromatic nitrogens is 2. The number of carbonyl (C=O) groups excluding carboxylic acids is 4. The van der Waals surface area contributed by atoms with Crippen molar-refractivity contribution >= 4 is 55.6 Å². The molecule has 15 heteroatoms. The Kier molecular flexibility index (Phi) is 28.1. The Hall–Kier alpha value is -3.98. The van der Waals surface area contributed by atoms with E-state index in [0.29, 0.717) is 11.1 Å². The van der Waals surface area contributed by atoms with Crippen LogP contribution in [0.4, 0.5) is 0 Å². The van der Waals surface area contributed by atoms with Crippen molar-refractivity contribution in [3.8, 4) is 0 Å². The van der Waals surface area contributed by atoms with E-state index in [4.69, 9.17) is 0 Å². The molecule has 2 amide bonds. The van der Waals surface area contributed by atoms with Crippen LogP contribution in [-0.4, -0.2) is 69.7 Å². The normalized spacial score (nSPS) is 8.94. The van der Waals surface area contributed by atoms with Crippen LogP contribution in [0.3, 0.4) is 0 Å². The molecule has 2 heterocycles. The smallest absolute Gasteiger partial charge is 0.545 e. The molecule has 265 valence electrons. The van der Waals surface area contributed by atoms with E-state index in [2.05, 4.69) is 41.8 Å². The number of rotatable bonds is 8. The van der Waals surface area contributed by atoms with Crippen molar-refractivity contribution in [2.45, 2.75) is 27.7 Å². The molecule has 0 saturated carbocycles. The summed E-state index contributed by atoms with van der Waals surface area (Å²) in [5.74, 6) is -2.18. The van der Waals surface area contributed by atoms with Crippen LogP contribution in [-0.2, 0) is 28.0 Å². The molecule has 0 saturated heterocycles. The van der Waals surface area contributed by atoms with Gasteiger partial charge in [-0.05, 0) is 87.4 Å². The Morgan fingerprint density at radius 2 is 0.837 bits per heavy atom. The molecule has 0 aliphatic rings. The maximum atomic E-state index is 11.7. The number of pyridine rings is 2. The molecule has 1 radical (unpaired) electrons. The van der Waals surface area contributed by atoms with Crippen molar-refractivity contribution in [1.82, 2.24) is 19.8 Å². The molecular weight excluding hydrogens is 807 g/mol. The van der Waals surface area contributed by atoms with E-state index < -0.39 is 11.9 Å². The van der Waals surface area contributed by atoms with Gasteiger partial charge >= 0.3 is 17.1 Å². The molecule has 6 N–H and O–H groups in total. The number of hydrogen-bond donors (Lipinski definition) is 0. The zero-order valence-corrected chi connectivity index (χ0v) is 31.9. The maximum Gasteiger partial charge on any atom is 2.00 e. The average Bonchev–Trinajstić information content (AvgIpc) is 3.08. The first-order valence-electron chi connectivity index (χ1n) is 14.3. The van der Waals surface area contributed by atoms with Gasteiger partial charge in [0.15, 0.2) is 0 Å². The second-order valence-corrected chi connectivity index (χ2v) is 10.9. The number of halogens is 2. The van der Waals surface area contributed by atoms with Gasteiger partial charge in [-0.3, -0.25) is 19.6 Å². The number of nitrogens with zero attached hydrogens (tertiary/aromatic N) is 4. The first-order valence-corrected chi connectivity index (χ1v) is 15.9. The van der Waals surface area contributed by atoms with Crippen LogP contribution in [0.2, 0.25) is 0 Å². The van der Waals surface area contributed by atoms with Gasteiger partial charge in [0.1, 0.15) is 0 Å². The van der Waals surface area contributed by atoms with Gasteiger partial charge < -0.3 is 40.6 Å². The summed E-state index contributed by atoms with van der Waals surface area (Å²) in [5, 5.41) is 20.4. The van der Waals surface area contributed by atoms with Crippen molar-refractivity contribution in [2.75, 3.05) is 26.2 Å². The molecule has 4 aromatic rings. The first-order chi connectivity index (χ1) is 22.0. The van der Waals surface area contributed by atoms with E-state index in [1.165, 1.54) is 24.3 Å². The van der Waals surface area contributed by atoms with Crippen molar-refractivity contribution < 1.29 is 57.4 Å². The Morgan fingerprint density at radius 1 is 0.551 bits per heavy atom. The predicted molar refractivity (Wildman–Crippen MR) is 190 cm³/mol. The van der Waals surface area contributed by atoms with Gasteiger partial charge in [-0.25, -0.2) is 0 Å². The molecule has 0 bridgehead atoms. The predicted octanol–water partition coefficient (Wildman–Crippen LogP) is 2.91. The average molecular weight is 849 g/mol. The molecule has 49 heavy (non-hydrogen) atoms. The Labute approximate surface area is 313 Å². The van der Waals surface area contributed by atoms with E-state index in [1.54, 1.807) is 83.1 Å². The van der Waals surface area contributed by atoms with E-state index in [9.17, 15) is 29.4 Å². The second-order valence-electron chi connectivity index (χ2n) is 9.03. The van der Waals surface area contributed by atoms with Gasteiger partial charge in [-0.2, -0.15) is 0 Å². The van der Waals surface area contributed by atoms with Gasteiger partial charge in [-0.15, -0.1) is 0 Å². The summed E-state index contributed by atoms with van der Waals surface area (Å²) in [7, 11) is 0. The molecule has 2 aromatic heterocycles. The fourth-order valence-electron chi connectivity index (χ4n) is 3.54. The Bertz CT molecular complexity index is 1380. The minimum atomic E-state index is -1.15. The third-order valence-electron chi connectivity index (χ3n) is 6.08. The number of carboxylic acid groups (broad SMARTS) is 2. The van der Waals surface area contributed by atoms with Crippen LogP contribution in [0.1, 0.15) is 69.1 Å².